The minimum Gasteiger partial charge on any atom is -0.371 e. The molecule has 0 aliphatic carbocycles. The maximum atomic E-state index is 4.68. The molecule has 0 saturated carbocycles. The topological polar surface area (TPSA) is 78.9 Å². The molecule has 2 N–H and O–H groups in total. The zero-order valence-corrected chi connectivity index (χ0v) is 12.4. The van der Waals surface area contributed by atoms with Gasteiger partial charge in [-0.15, -0.1) is 11.8 Å². The van der Waals surface area contributed by atoms with Crippen molar-refractivity contribution < 1.29 is 0 Å². The van der Waals surface area contributed by atoms with Gasteiger partial charge in [0.05, 0.1) is 0 Å². The SMILES string of the molecule is CNc1nc(N2CCNCC2)nc2c(SC)ncnc12. The molecule has 2 aromatic heterocycles. The second-order valence-corrected chi connectivity index (χ2v) is 5.23. The molecule has 0 spiro atoms. The van der Waals surface area contributed by atoms with Crippen molar-refractivity contribution in [1.82, 2.24) is 25.3 Å². The first kappa shape index (κ1) is 13.3. The lowest BCUT2D eigenvalue weighted by atomic mass is 10.3. The van der Waals surface area contributed by atoms with Crippen LogP contribution in [0.3, 0.4) is 0 Å². The van der Waals surface area contributed by atoms with Crippen molar-refractivity contribution in [3.63, 3.8) is 0 Å². The summed E-state index contributed by atoms with van der Waals surface area (Å²) in [5.41, 5.74) is 1.58. The summed E-state index contributed by atoms with van der Waals surface area (Å²) in [6.07, 6.45) is 3.55. The van der Waals surface area contributed by atoms with Crippen molar-refractivity contribution in [2.75, 3.05) is 49.7 Å². The zero-order chi connectivity index (χ0) is 13.9. The fraction of sp³-hybridized carbons (Fsp3) is 0.500. The van der Waals surface area contributed by atoms with E-state index in [4.69, 9.17) is 0 Å². The molecule has 7 nitrogen and oxygen atoms in total. The molecule has 0 atom stereocenters. The summed E-state index contributed by atoms with van der Waals surface area (Å²) in [5.74, 6) is 1.50. The maximum absolute atomic E-state index is 4.68. The van der Waals surface area contributed by atoms with Crippen LogP contribution in [-0.2, 0) is 0 Å². The molecular formula is C12H17N7S. The van der Waals surface area contributed by atoms with E-state index in [-0.39, 0.29) is 0 Å². The van der Waals surface area contributed by atoms with Crippen LogP contribution in [0.15, 0.2) is 11.4 Å². The lowest BCUT2D eigenvalue weighted by Gasteiger charge is -2.27. The molecule has 0 bridgehead atoms. The minimum absolute atomic E-state index is 0.744. The van der Waals surface area contributed by atoms with E-state index in [9.17, 15) is 0 Å². The first-order chi connectivity index (χ1) is 9.83. The second-order valence-electron chi connectivity index (χ2n) is 4.44. The van der Waals surface area contributed by atoms with Gasteiger partial charge in [-0.05, 0) is 6.26 Å². The Bertz CT molecular complexity index is 612. The van der Waals surface area contributed by atoms with E-state index in [2.05, 4.69) is 35.5 Å². The molecule has 8 heteroatoms. The molecule has 0 aromatic carbocycles. The minimum atomic E-state index is 0.744. The van der Waals surface area contributed by atoms with Crippen LogP contribution in [0.1, 0.15) is 0 Å². The molecule has 0 unspecified atom stereocenters. The highest BCUT2D eigenvalue weighted by Gasteiger charge is 2.17. The van der Waals surface area contributed by atoms with Crippen molar-refractivity contribution in [3.8, 4) is 0 Å². The van der Waals surface area contributed by atoms with Crippen LogP contribution in [0.25, 0.3) is 11.0 Å². The number of nitrogens with one attached hydrogen (secondary N) is 2. The number of fused-ring (bicyclic) bond motifs is 1. The van der Waals surface area contributed by atoms with Gasteiger partial charge in [0.15, 0.2) is 5.82 Å². The second kappa shape index (κ2) is 5.76. The maximum Gasteiger partial charge on any atom is 0.228 e. The molecule has 20 heavy (non-hydrogen) atoms. The van der Waals surface area contributed by atoms with Crippen LogP contribution >= 0.6 is 11.8 Å². The van der Waals surface area contributed by atoms with Crippen LogP contribution < -0.4 is 15.5 Å². The highest BCUT2D eigenvalue weighted by molar-refractivity contribution is 7.98. The Hall–Kier alpha value is -1.67. The van der Waals surface area contributed by atoms with Gasteiger partial charge in [0, 0.05) is 33.2 Å². The van der Waals surface area contributed by atoms with E-state index in [1.54, 1.807) is 18.1 Å². The van der Waals surface area contributed by atoms with Gasteiger partial charge < -0.3 is 15.5 Å². The monoisotopic (exact) mass is 291 g/mol. The van der Waals surface area contributed by atoms with Gasteiger partial charge >= 0.3 is 0 Å². The molecule has 1 saturated heterocycles. The summed E-state index contributed by atoms with van der Waals surface area (Å²) in [7, 11) is 1.85. The predicted octanol–water partition coefficient (Wildman–Crippen LogP) is 0.593. The van der Waals surface area contributed by atoms with Crippen LogP contribution in [0.4, 0.5) is 11.8 Å². The van der Waals surface area contributed by atoms with Crippen molar-refractivity contribution in [3.05, 3.63) is 6.33 Å². The van der Waals surface area contributed by atoms with Gasteiger partial charge in [-0.3, -0.25) is 0 Å². The summed E-state index contributed by atoms with van der Waals surface area (Å²) >= 11 is 1.57. The lowest BCUT2D eigenvalue weighted by molar-refractivity contribution is 0.580. The number of thioether (sulfide) groups is 1. The standard InChI is InChI=1S/C12H17N7S/c1-13-10-8-9(11(20-2)16-7-15-8)17-12(18-10)19-5-3-14-4-6-19/h7,14H,3-6H2,1-2H3,(H,13,17,18). The third-order valence-electron chi connectivity index (χ3n) is 3.27. The molecule has 106 valence electrons. The van der Waals surface area contributed by atoms with Crippen LogP contribution in [0.2, 0.25) is 0 Å². The fourth-order valence-electron chi connectivity index (χ4n) is 2.24. The van der Waals surface area contributed by atoms with Gasteiger partial charge in [-0.25, -0.2) is 15.0 Å². The van der Waals surface area contributed by atoms with Crippen molar-refractivity contribution in [2.45, 2.75) is 5.03 Å². The molecule has 0 radical (unpaired) electrons. The molecule has 3 heterocycles. The van der Waals surface area contributed by atoms with E-state index >= 15 is 0 Å². The number of hydrogen-bond donors (Lipinski definition) is 2. The van der Waals surface area contributed by atoms with Crippen molar-refractivity contribution in [2.24, 2.45) is 0 Å². The average Bonchev–Trinajstić information content (AvgIpc) is 2.54. The summed E-state index contributed by atoms with van der Waals surface area (Å²) < 4.78 is 0. The first-order valence-electron chi connectivity index (χ1n) is 6.53. The summed E-state index contributed by atoms with van der Waals surface area (Å²) in [6.45, 7) is 3.74. The number of hydrogen-bond acceptors (Lipinski definition) is 8. The Kier molecular flexibility index (Phi) is 3.83. The van der Waals surface area contributed by atoms with Gasteiger partial charge in [-0.1, -0.05) is 0 Å². The van der Waals surface area contributed by atoms with Crippen LogP contribution in [0, 0.1) is 0 Å². The Morgan fingerprint density at radius 1 is 1.20 bits per heavy atom. The van der Waals surface area contributed by atoms with Crippen LogP contribution in [-0.4, -0.2) is 59.4 Å². The molecule has 0 amide bonds. The third-order valence-corrected chi connectivity index (χ3v) is 3.95. The highest BCUT2D eigenvalue weighted by atomic mass is 32.2. The third kappa shape index (κ3) is 2.36. The Balaban J connectivity index is 2.13. The largest absolute Gasteiger partial charge is 0.371 e. The van der Waals surface area contributed by atoms with E-state index in [0.717, 1.165) is 54.0 Å². The van der Waals surface area contributed by atoms with Gasteiger partial charge in [-0.2, -0.15) is 4.98 Å². The number of piperazine rings is 1. The molecule has 1 fully saturated rings. The molecule has 1 aliphatic heterocycles. The van der Waals surface area contributed by atoms with Crippen molar-refractivity contribution in [1.29, 1.82) is 0 Å². The van der Waals surface area contributed by atoms with E-state index in [1.807, 2.05) is 13.3 Å². The smallest absolute Gasteiger partial charge is 0.228 e. The summed E-state index contributed by atoms with van der Waals surface area (Å²) in [6, 6.07) is 0. The Labute approximate surface area is 121 Å². The first-order valence-corrected chi connectivity index (χ1v) is 7.76. The lowest BCUT2D eigenvalue weighted by Crippen LogP contribution is -2.44. The molecular weight excluding hydrogens is 274 g/mol. The van der Waals surface area contributed by atoms with E-state index in [1.165, 1.54) is 0 Å². The van der Waals surface area contributed by atoms with Gasteiger partial charge in [0.25, 0.3) is 0 Å². The van der Waals surface area contributed by atoms with E-state index in [0.29, 0.717) is 0 Å². The fourth-order valence-corrected chi connectivity index (χ4v) is 2.73. The predicted molar refractivity (Wildman–Crippen MR) is 81.5 cm³/mol. The Morgan fingerprint density at radius 2 is 2.00 bits per heavy atom. The molecule has 1 aliphatic rings. The van der Waals surface area contributed by atoms with E-state index < -0.39 is 0 Å². The normalized spacial score (nSPS) is 15.6. The average molecular weight is 291 g/mol. The summed E-state index contributed by atoms with van der Waals surface area (Å²) in [4.78, 5) is 20.1. The number of aromatic nitrogens is 4. The number of anilines is 2. The summed E-state index contributed by atoms with van der Waals surface area (Å²) in [5, 5.41) is 7.32. The van der Waals surface area contributed by atoms with Gasteiger partial charge in [0.1, 0.15) is 22.4 Å². The quantitative estimate of drug-likeness (QED) is 0.628. The molecule has 3 rings (SSSR count). The zero-order valence-electron chi connectivity index (χ0n) is 11.6. The number of rotatable bonds is 3. The highest BCUT2D eigenvalue weighted by Crippen LogP contribution is 2.27. The van der Waals surface area contributed by atoms with Crippen molar-refractivity contribution >= 4 is 34.6 Å². The number of nitrogens with zero attached hydrogens (tertiary/aromatic N) is 5. The van der Waals surface area contributed by atoms with Gasteiger partial charge in [0.2, 0.25) is 5.95 Å². The molecule has 2 aromatic rings. The van der Waals surface area contributed by atoms with Crippen LogP contribution in [0.5, 0.6) is 0 Å². The Morgan fingerprint density at radius 3 is 2.70 bits per heavy atom.